The maximum atomic E-state index is 12.3. The van der Waals surface area contributed by atoms with Gasteiger partial charge in [0, 0.05) is 23.9 Å². The Morgan fingerprint density at radius 1 is 1.33 bits per heavy atom. The smallest absolute Gasteiger partial charge is 0.271 e. The quantitative estimate of drug-likeness (QED) is 0.489. The molecule has 126 valence electrons. The molecule has 0 aromatic heterocycles. The molecular formula is C18H22N4O2. The highest BCUT2D eigenvalue weighted by molar-refractivity contribution is 6.11. The SMILES string of the molecule is C/C(C(=N)C1CC1)=C(/N)C(=O)Nc1ccc([C@@H]2OC3CN[C@H]32)cc1. The second-order valence-electron chi connectivity index (χ2n) is 6.83. The van der Waals surface area contributed by atoms with Gasteiger partial charge >= 0.3 is 0 Å². The summed E-state index contributed by atoms with van der Waals surface area (Å²) in [7, 11) is 0. The van der Waals surface area contributed by atoms with Crippen molar-refractivity contribution in [1.82, 2.24) is 5.32 Å². The molecule has 0 radical (unpaired) electrons. The molecule has 1 saturated carbocycles. The summed E-state index contributed by atoms with van der Waals surface area (Å²) in [6.45, 7) is 2.69. The van der Waals surface area contributed by atoms with E-state index in [0.717, 1.165) is 24.9 Å². The molecule has 2 saturated heterocycles. The van der Waals surface area contributed by atoms with E-state index in [4.69, 9.17) is 15.9 Å². The first kappa shape index (κ1) is 15.4. The first-order valence-electron chi connectivity index (χ1n) is 8.40. The average Bonchev–Trinajstić information content (AvgIpc) is 3.41. The number of rotatable bonds is 5. The topological polar surface area (TPSA) is 100 Å². The number of benzene rings is 1. The molecule has 4 rings (SSSR count). The third-order valence-electron chi connectivity index (χ3n) is 5.14. The molecule has 0 spiro atoms. The van der Waals surface area contributed by atoms with Gasteiger partial charge in [-0.1, -0.05) is 12.1 Å². The van der Waals surface area contributed by atoms with E-state index in [9.17, 15) is 4.79 Å². The normalized spacial score (nSPS) is 28.8. The van der Waals surface area contributed by atoms with Crippen LogP contribution in [0.4, 0.5) is 5.69 Å². The third-order valence-corrected chi connectivity index (χ3v) is 5.14. The van der Waals surface area contributed by atoms with Crippen molar-refractivity contribution < 1.29 is 9.53 Å². The number of hydrogen-bond donors (Lipinski definition) is 4. The zero-order chi connectivity index (χ0) is 16.8. The van der Waals surface area contributed by atoms with Crippen LogP contribution in [-0.2, 0) is 9.53 Å². The molecule has 3 atom stereocenters. The maximum Gasteiger partial charge on any atom is 0.271 e. The highest BCUT2D eigenvalue weighted by atomic mass is 16.5. The molecule has 5 N–H and O–H groups in total. The molecule has 1 aliphatic carbocycles. The summed E-state index contributed by atoms with van der Waals surface area (Å²) in [5.74, 6) is -0.0756. The van der Waals surface area contributed by atoms with Gasteiger partial charge in [-0.2, -0.15) is 0 Å². The molecule has 24 heavy (non-hydrogen) atoms. The molecule has 3 aliphatic rings. The van der Waals surface area contributed by atoms with Crippen LogP contribution in [0.5, 0.6) is 0 Å². The summed E-state index contributed by atoms with van der Waals surface area (Å²) >= 11 is 0. The van der Waals surface area contributed by atoms with Crippen LogP contribution in [0.25, 0.3) is 0 Å². The van der Waals surface area contributed by atoms with Crippen LogP contribution in [0.15, 0.2) is 35.5 Å². The van der Waals surface area contributed by atoms with Gasteiger partial charge in [-0.05, 0) is 43.0 Å². The highest BCUT2D eigenvalue weighted by Gasteiger charge is 2.49. The average molecular weight is 326 g/mol. The van der Waals surface area contributed by atoms with E-state index >= 15 is 0 Å². The Kier molecular flexibility index (Phi) is 3.66. The highest BCUT2D eigenvalue weighted by Crippen LogP contribution is 2.39. The van der Waals surface area contributed by atoms with Gasteiger partial charge in [-0.3, -0.25) is 4.79 Å². The number of morpholine rings is 1. The number of amides is 1. The lowest BCUT2D eigenvalue weighted by Gasteiger charge is -2.53. The zero-order valence-electron chi connectivity index (χ0n) is 13.6. The van der Waals surface area contributed by atoms with Crippen molar-refractivity contribution in [2.45, 2.75) is 38.0 Å². The number of nitrogens with two attached hydrogens (primary N) is 1. The van der Waals surface area contributed by atoms with E-state index in [0.29, 0.717) is 29.1 Å². The first-order valence-corrected chi connectivity index (χ1v) is 8.40. The van der Waals surface area contributed by atoms with Crippen molar-refractivity contribution >= 4 is 17.3 Å². The van der Waals surface area contributed by atoms with E-state index in [1.54, 1.807) is 6.92 Å². The molecule has 1 unspecified atom stereocenters. The number of anilines is 1. The summed E-state index contributed by atoms with van der Waals surface area (Å²) < 4.78 is 5.77. The number of allylic oxidation sites excluding steroid dienone is 1. The predicted octanol–water partition coefficient (Wildman–Crippen LogP) is 1.70. The van der Waals surface area contributed by atoms with Crippen molar-refractivity contribution in [3.8, 4) is 0 Å². The maximum absolute atomic E-state index is 12.3. The fourth-order valence-electron chi connectivity index (χ4n) is 3.20. The Labute approximate surface area is 141 Å². The number of fused-ring (bicyclic) bond motifs is 1. The standard InChI is InChI=1S/C18H22N4O2/c1-9(14(19)10-2-3-10)15(20)18(23)22-12-6-4-11(5-7-12)17-16-13(24-17)8-21-16/h4-7,10,13,16-17,19,21H,2-3,8,20H2,1H3,(H,22,23)/b15-9-,19-14?/t13?,16-,17+/m1/s1. The number of nitrogens with one attached hydrogen (secondary N) is 3. The second kappa shape index (κ2) is 5.72. The summed E-state index contributed by atoms with van der Waals surface area (Å²) in [5.41, 5.74) is 8.91. The first-order chi connectivity index (χ1) is 11.5. The number of ether oxygens (including phenoxy) is 1. The summed E-state index contributed by atoms with van der Waals surface area (Å²) in [4.78, 5) is 12.3. The number of carbonyl (C=O) groups excluding carboxylic acids is 1. The summed E-state index contributed by atoms with van der Waals surface area (Å²) in [5, 5.41) is 14.2. The van der Waals surface area contributed by atoms with Gasteiger partial charge in [0.1, 0.15) is 11.8 Å². The Morgan fingerprint density at radius 2 is 2.04 bits per heavy atom. The van der Waals surface area contributed by atoms with Crippen LogP contribution < -0.4 is 16.4 Å². The monoisotopic (exact) mass is 326 g/mol. The zero-order valence-corrected chi connectivity index (χ0v) is 13.6. The largest absolute Gasteiger partial charge is 0.394 e. The summed E-state index contributed by atoms with van der Waals surface area (Å²) in [6.07, 6.45) is 2.52. The van der Waals surface area contributed by atoms with Crippen LogP contribution in [0.3, 0.4) is 0 Å². The van der Waals surface area contributed by atoms with Gasteiger partial charge in [0.2, 0.25) is 0 Å². The van der Waals surface area contributed by atoms with Crippen LogP contribution in [0, 0.1) is 11.3 Å². The number of hydrogen-bond acceptors (Lipinski definition) is 5. The molecule has 1 aromatic rings. The van der Waals surface area contributed by atoms with Gasteiger partial charge in [0.15, 0.2) is 0 Å². The van der Waals surface area contributed by atoms with Crippen LogP contribution in [0.1, 0.15) is 31.4 Å². The Balaban J connectivity index is 1.40. The fourth-order valence-corrected chi connectivity index (χ4v) is 3.20. The Morgan fingerprint density at radius 3 is 2.54 bits per heavy atom. The molecule has 6 heteroatoms. The molecule has 0 bridgehead atoms. The fraction of sp³-hybridized carbons (Fsp3) is 0.444. The number of carbonyl (C=O) groups is 1. The molecule has 2 heterocycles. The van der Waals surface area contributed by atoms with Crippen molar-refractivity contribution in [3.05, 3.63) is 41.1 Å². The van der Waals surface area contributed by atoms with Crippen LogP contribution in [-0.4, -0.2) is 30.3 Å². The Bertz CT molecular complexity index is 721. The molecule has 6 nitrogen and oxygen atoms in total. The van der Waals surface area contributed by atoms with E-state index in [-0.39, 0.29) is 23.6 Å². The molecule has 1 aromatic carbocycles. The lowest BCUT2D eigenvalue weighted by Crippen LogP contribution is -2.69. The van der Waals surface area contributed by atoms with E-state index in [1.807, 2.05) is 24.3 Å². The minimum Gasteiger partial charge on any atom is -0.394 e. The van der Waals surface area contributed by atoms with Gasteiger partial charge < -0.3 is 26.5 Å². The Hall–Kier alpha value is -2.18. The molecule has 1 amide bonds. The summed E-state index contributed by atoms with van der Waals surface area (Å²) in [6, 6.07) is 8.08. The van der Waals surface area contributed by atoms with Gasteiger partial charge in [0.05, 0.1) is 12.1 Å². The third kappa shape index (κ3) is 2.61. The van der Waals surface area contributed by atoms with Gasteiger partial charge in [-0.25, -0.2) is 0 Å². The minimum atomic E-state index is -0.355. The van der Waals surface area contributed by atoms with Crippen molar-refractivity contribution in [3.63, 3.8) is 0 Å². The second-order valence-corrected chi connectivity index (χ2v) is 6.83. The minimum absolute atomic E-state index is 0.111. The van der Waals surface area contributed by atoms with Crippen molar-refractivity contribution in [2.75, 3.05) is 11.9 Å². The van der Waals surface area contributed by atoms with E-state index in [2.05, 4.69) is 10.6 Å². The van der Waals surface area contributed by atoms with Crippen LogP contribution in [0.2, 0.25) is 0 Å². The predicted molar refractivity (Wildman–Crippen MR) is 91.8 cm³/mol. The van der Waals surface area contributed by atoms with Gasteiger partial charge in [0.25, 0.3) is 5.91 Å². The lowest BCUT2D eigenvalue weighted by molar-refractivity contribution is -0.203. The molecule has 2 aliphatic heterocycles. The molecule has 3 fully saturated rings. The lowest BCUT2D eigenvalue weighted by atomic mass is 9.86. The van der Waals surface area contributed by atoms with Gasteiger partial charge in [-0.15, -0.1) is 0 Å². The van der Waals surface area contributed by atoms with E-state index in [1.165, 1.54) is 0 Å². The molecular weight excluding hydrogens is 304 g/mol. The van der Waals surface area contributed by atoms with Crippen molar-refractivity contribution in [2.24, 2.45) is 11.7 Å². The van der Waals surface area contributed by atoms with Crippen LogP contribution >= 0.6 is 0 Å². The van der Waals surface area contributed by atoms with E-state index < -0.39 is 0 Å². The van der Waals surface area contributed by atoms with Crippen molar-refractivity contribution in [1.29, 1.82) is 5.41 Å².